The maximum Gasteiger partial charge on any atom is 0.224 e. The first kappa shape index (κ1) is 16.3. The van der Waals surface area contributed by atoms with E-state index in [-0.39, 0.29) is 5.91 Å². The second-order valence-electron chi connectivity index (χ2n) is 4.58. The highest BCUT2D eigenvalue weighted by Crippen LogP contribution is 2.26. The minimum atomic E-state index is -0.0489. The summed E-state index contributed by atoms with van der Waals surface area (Å²) in [7, 11) is 1.55. The van der Waals surface area contributed by atoms with Crippen molar-refractivity contribution >= 4 is 17.3 Å². The number of anilines is 2. The van der Waals surface area contributed by atoms with Crippen molar-refractivity contribution in [2.45, 2.75) is 32.6 Å². The lowest BCUT2D eigenvalue weighted by Gasteiger charge is -2.10. The highest BCUT2D eigenvalue weighted by Gasteiger charge is 2.07. The largest absolute Gasteiger partial charge is 0.494 e. The smallest absolute Gasteiger partial charge is 0.224 e. The minimum absolute atomic E-state index is 0.0489. The summed E-state index contributed by atoms with van der Waals surface area (Å²) in [6.07, 6.45) is 3.33. The average Bonchev–Trinajstić information content (AvgIpc) is 2.44. The molecule has 0 unspecified atom stereocenters. The van der Waals surface area contributed by atoms with Gasteiger partial charge in [-0.25, -0.2) is 0 Å². The summed E-state index contributed by atoms with van der Waals surface area (Å²) in [5, 5.41) is 2.82. The van der Waals surface area contributed by atoms with Gasteiger partial charge in [0.05, 0.1) is 12.8 Å². The number of nitrogens with one attached hydrogen (secondary N) is 1. The predicted molar refractivity (Wildman–Crippen MR) is 81.0 cm³/mol. The first-order valence-corrected chi connectivity index (χ1v) is 6.98. The Labute approximate surface area is 120 Å². The summed E-state index contributed by atoms with van der Waals surface area (Å²) in [6.45, 7) is 3.51. The van der Waals surface area contributed by atoms with E-state index >= 15 is 0 Å². The fourth-order valence-electron chi connectivity index (χ4n) is 1.71. The molecular formula is C15H24N2O3. The molecule has 5 heteroatoms. The molecule has 0 aliphatic rings. The number of nitrogen functional groups attached to an aromatic ring is 1. The van der Waals surface area contributed by atoms with E-state index in [9.17, 15) is 4.79 Å². The molecule has 3 N–H and O–H groups in total. The van der Waals surface area contributed by atoms with Gasteiger partial charge >= 0.3 is 0 Å². The van der Waals surface area contributed by atoms with Gasteiger partial charge in [0.15, 0.2) is 0 Å². The quantitative estimate of drug-likeness (QED) is 0.539. The summed E-state index contributed by atoms with van der Waals surface area (Å²) in [6, 6.07) is 5.15. The van der Waals surface area contributed by atoms with Gasteiger partial charge in [-0.2, -0.15) is 0 Å². The number of rotatable bonds is 9. The topological polar surface area (TPSA) is 73.6 Å². The second-order valence-corrected chi connectivity index (χ2v) is 4.58. The molecule has 1 rings (SSSR count). The van der Waals surface area contributed by atoms with E-state index in [2.05, 4.69) is 12.2 Å². The maximum absolute atomic E-state index is 11.8. The lowest BCUT2D eigenvalue weighted by Crippen LogP contribution is -2.13. The Morgan fingerprint density at radius 3 is 2.75 bits per heavy atom. The molecule has 0 bridgehead atoms. The van der Waals surface area contributed by atoms with Crippen LogP contribution < -0.4 is 15.8 Å². The molecule has 1 aromatic rings. The summed E-state index contributed by atoms with van der Waals surface area (Å²) in [5.74, 6) is 0.518. The number of hydrogen-bond acceptors (Lipinski definition) is 4. The van der Waals surface area contributed by atoms with E-state index < -0.39 is 0 Å². The predicted octanol–water partition coefficient (Wildman–Crippen LogP) is 2.81. The van der Waals surface area contributed by atoms with Crippen LogP contribution >= 0.6 is 0 Å². The number of methoxy groups -OCH3 is 1. The Balaban J connectivity index is 2.32. The molecule has 0 spiro atoms. The lowest BCUT2D eigenvalue weighted by atomic mass is 10.2. The molecule has 0 atom stereocenters. The van der Waals surface area contributed by atoms with Crippen molar-refractivity contribution in [1.29, 1.82) is 0 Å². The molecule has 1 aromatic carbocycles. The van der Waals surface area contributed by atoms with Crippen molar-refractivity contribution in [3.8, 4) is 5.75 Å². The van der Waals surface area contributed by atoms with E-state index in [0.717, 1.165) is 19.4 Å². The van der Waals surface area contributed by atoms with Crippen molar-refractivity contribution in [3.05, 3.63) is 18.2 Å². The first-order chi connectivity index (χ1) is 9.67. The number of unbranched alkanes of at least 4 members (excludes halogenated alkanes) is 1. The van der Waals surface area contributed by atoms with E-state index in [1.54, 1.807) is 25.3 Å². The summed E-state index contributed by atoms with van der Waals surface area (Å²) in [5.41, 5.74) is 6.90. The molecule has 0 radical (unpaired) electrons. The minimum Gasteiger partial charge on any atom is -0.494 e. The van der Waals surface area contributed by atoms with Crippen molar-refractivity contribution < 1.29 is 14.3 Å². The van der Waals surface area contributed by atoms with Crippen LogP contribution in [0.4, 0.5) is 11.4 Å². The van der Waals surface area contributed by atoms with Gasteiger partial charge in [-0.3, -0.25) is 4.79 Å². The van der Waals surface area contributed by atoms with Gasteiger partial charge in [-0.15, -0.1) is 0 Å². The van der Waals surface area contributed by atoms with Crippen molar-refractivity contribution in [1.82, 2.24) is 0 Å². The standard InChI is InChI=1S/C15H24N2O3/c1-3-4-9-20-10-5-6-15(18)17-13-8-7-12(16)11-14(13)19-2/h7-8,11H,3-6,9-10,16H2,1-2H3,(H,17,18). The number of carbonyl (C=O) groups is 1. The molecule has 20 heavy (non-hydrogen) atoms. The van der Waals surface area contributed by atoms with Gasteiger partial charge in [0.25, 0.3) is 0 Å². The van der Waals surface area contributed by atoms with Gasteiger partial charge in [-0.05, 0) is 25.0 Å². The Kier molecular flexibility index (Phi) is 7.50. The fraction of sp³-hybridized carbons (Fsp3) is 0.533. The molecule has 0 fully saturated rings. The second kappa shape index (κ2) is 9.20. The highest BCUT2D eigenvalue weighted by atomic mass is 16.5. The van der Waals surface area contributed by atoms with Crippen LogP contribution in [0, 0.1) is 0 Å². The van der Waals surface area contributed by atoms with Crippen LogP contribution in [-0.2, 0) is 9.53 Å². The van der Waals surface area contributed by atoms with Gasteiger partial charge in [0.1, 0.15) is 5.75 Å². The van der Waals surface area contributed by atoms with Crippen LogP contribution in [-0.4, -0.2) is 26.2 Å². The van der Waals surface area contributed by atoms with Crippen molar-refractivity contribution in [2.24, 2.45) is 0 Å². The molecule has 0 aliphatic carbocycles. The monoisotopic (exact) mass is 280 g/mol. The van der Waals surface area contributed by atoms with E-state index in [1.807, 2.05) is 0 Å². The molecule has 0 aromatic heterocycles. The molecule has 0 saturated heterocycles. The number of carbonyl (C=O) groups excluding carboxylic acids is 1. The molecule has 0 aliphatic heterocycles. The molecule has 112 valence electrons. The number of nitrogens with two attached hydrogens (primary N) is 1. The van der Waals surface area contributed by atoms with Gasteiger partial charge in [0, 0.05) is 31.4 Å². The maximum atomic E-state index is 11.8. The molecular weight excluding hydrogens is 256 g/mol. The third-order valence-corrected chi connectivity index (χ3v) is 2.83. The number of benzene rings is 1. The van der Waals surface area contributed by atoms with E-state index in [4.69, 9.17) is 15.2 Å². The normalized spacial score (nSPS) is 10.3. The number of ether oxygens (including phenoxy) is 2. The highest BCUT2D eigenvalue weighted by molar-refractivity contribution is 5.92. The van der Waals surface area contributed by atoms with Crippen LogP contribution in [0.5, 0.6) is 5.75 Å². The molecule has 5 nitrogen and oxygen atoms in total. The molecule has 0 saturated carbocycles. The zero-order chi connectivity index (χ0) is 14.8. The van der Waals surface area contributed by atoms with Crippen molar-refractivity contribution in [3.63, 3.8) is 0 Å². The Bertz CT molecular complexity index is 422. The van der Waals surface area contributed by atoms with Crippen LogP contribution in [0.3, 0.4) is 0 Å². The van der Waals surface area contributed by atoms with E-state index in [0.29, 0.717) is 36.6 Å². The van der Waals surface area contributed by atoms with Crippen LogP contribution in [0.2, 0.25) is 0 Å². The van der Waals surface area contributed by atoms with Gasteiger partial charge in [0.2, 0.25) is 5.91 Å². The van der Waals surface area contributed by atoms with Crippen LogP contribution in [0.15, 0.2) is 18.2 Å². The third kappa shape index (κ3) is 5.93. The zero-order valence-electron chi connectivity index (χ0n) is 12.3. The summed E-state index contributed by atoms with van der Waals surface area (Å²) in [4.78, 5) is 11.8. The Morgan fingerprint density at radius 2 is 2.05 bits per heavy atom. The SMILES string of the molecule is CCCCOCCCC(=O)Nc1ccc(N)cc1OC. The average molecular weight is 280 g/mol. The Hall–Kier alpha value is -1.75. The fourth-order valence-corrected chi connectivity index (χ4v) is 1.71. The van der Waals surface area contributed by atoms with Crippen LogP contribution in [0.25, 0.3) is 0 Å². The Morgan fingerprint density at radius 1 is 1.30 bits per heavy atom. The number of amides is 1. The van der Waals surface area contributed by atoms with Crippen LogP contribution in [0.1, 0.15) is 32.6 Å². The van der Waals surface area contributed by atoms with Crippen molar-refractivity contribution in [2.75, 3.05) is 31.4 Å². The number of hydrogen-bond donors (Lipinski definition) is 2. The first-order valence-electron chi connectivity index (χ1n) is 6.98. The summed E-state index contributed by atoms with van der Waals surface area (Å²) < 4.78 is 10.6. The van der Waals surface area contributed by atoms with Gasteiger partial charge in [-0.1, -0.05) is 13.3 Å². The van der Waals surface area contributed by atoms with E-state index in [1.165, 1.54) is 0 Å². The van der Waals surface area contributed by atoms with Gasteiger partial charge < -0.3 is 20.5 Å². The zero-order valence-corrected chi connectivity index (χ0v) is 12.3. The molecule has 1 amide bonds. The third-order valence-electron chi connectivity index (χ3n) is 2.83. The molecule has 0 heterocycles. The lowest BCUT2D eigenvalue weighted by molar-refractivity contribution is -0.116. The summed E-state index contributed by atoms with van der Waals surface area (Å²) >= 11 is 0.